The quantitative estimate of drug-likeness (QED) is 0.776. The summed E-state index contributed by atoms with van der Waals surface area (Å²) in [6.45, 7) is 3.97. The Morgan fingerprint density at radius 3 is 2.44 bits per heavy atom. The van der Waals surface area contributed by atoms with Crippen LogP contribution >= 0.6 is 0 Å². The van der Waals surface area contributed by atoms with Crippen molar-refractivity contribution in [2.75, 3.05) is 7.11 Å². The molecule has 0 aliphatic rings. The zero-order valence-corrected chi connectivity index (χ0v) is 10.6. The number of nitrogens with zero attached hydrogens (tertiary/aromatic N) is 2. The zero-order valence-electron chi connectivity index (χ0n) is 10.6. The SMILES string of the molecule is COc1cc(C)c(-c2ccc(C=O)nn2)cc1C. The molecule has 0 atom stereocenters. The van der Waals surface area contributed by atoms with Crippen LogP contribution in [0.15, 0.2) is 24.3 Å². The topological polar surface area (TPSA) is 52.1 Å². The van der Waals surface area contributed by atoms with Gasteiger partial charge in [0.25, 0.3) is 0 Å². The minimum absolute atomic E-state index is 0.335. The van der Waals surface area contributed by atoms with Crippen LogP contribution in [0.2, 0.25) is 0 Å². The summed E-state index contributed by atoms with van der Waals surface area (Å²) >= 11 is 0. The summed E-state index contributed by atoms with van der Waals surface area (Å²) in [4.78, 5) is 10.5. The van der Waals surface area contributed by atoms with Crippen LogP contribution in [0.25, 0.3) is 11.3 Å². The molecule has 0 fully saturated rings. The van der Waals surface area contributed by atoms with Crippen molar-refractivity contribution >= 4 is 6.29 Å². The number of aldehydes is 1. The van der Waals surface area contributed by atoms with Crippen molar-refractivity contribution in [3.63, 3.8) is 0 Å². The second-order valence-electron chi connectivity index (χ2n) is 4.10. The number of benzene rings is 1. The molecule has 0 unspecified atom stereocenters. The maximum Gasteiger partial charge on any atom is 0.170 e. The van der Waals surface area contributed by atoms with Crippen molar-refractivity contribution in [3.05, 3.63) is 41.1 Å². The van der Waals surface area contributed by atoms with Crippen LogP contribution in [-0.2, 0) is 0 Å². The van der Waals surface area contributed by atoms with Gasteiger partial charge in [0.1, 0.15) is 11.4 Å². The van der Waals surface area contributed by atoms with Gasteiger partial charge in [0, 0.05) is 5.56 Å². The van der Waals surface area contributed by atoms with E-state index in [9.17, 15) is 4.79 Å². The normalized spacial score (nSPS) is 10.2. The first kappa shape index (κ1) is 12.2. The molecule has 2 aromatic rings. The molecular formula is C14H14N2O2. The Hall–Kier alpha value is -2.23. The van der Waals surface area contributed by atoms with Gasteiger partial charge in [-0.15, -0.1) is 10.2 Å². The zero-order chi connectivity index (χ0) is 13.1. The van der Waals surface area contributed by atoms with E-state index in [1.54, 1.807) is 19.2 Å². The Bertz CT molecular complexity index is 577. The number of hydrogen-bond donors (Lipinski definition) is 0. The lowest BCUT2D eigenvalue weighted by atomic mass is 10.0. The van der Waals surface area contributed by atoms with E-state index in [-0.39, 0.29) is 0 Å². The Labute approximate surface area is 106 Å². The molecule has 92 valence electrons. The van der Waals surface area contributed by atoms with Crippen LogP contribution in [0.4, 0.5) is 0 Å². The van der Waals surface area contributed by atoms with Gasteiger partial charge in [0.05, 0.1) is 12.8 Å². The highest BCUT2D eigenvalue weighted by Crippen LogP contribution is 2.28. The third kappa shape index (κ3) is 2.22. The summed E-state index contributed by atoms with van der Waals surface area (Å²) in [5.41, 5.74) is 4.19. The molecule has 1 aromatic heterocycles. The van der Waals surface area contributed by atoms with Crippen molar-refractivity contribution in [3.8, 4) is 17.0 Å². The monoisotopic (exact) mass is 242 g/mol. The van der Waals surface area contributed by atoms with E-state index in [1.165, 1.54) is 0 Å². The molecule has 18 heavy (non-hydrogen) atoms. The molecule has 0 saturated carbocycles. The van der Waals surface area contributed by atoms with Crippen LogP contribution in [0.1, 0.15) is 21.6 Å². The molecular weight excluding hydrogens is 228 g/mol. The average Bonchev–Trinajstić information content (AvgIpc) is 2.41. The van der Waals surface area contributed by atoms with Crippen molar-refractivity contribution in [1.82, 2.24) is 10.2 Å². The molecule has 0 N–H and O–H groups in total. The first-order chi connectivity index (χ1) is 8.65. The van der Waals surface area contributed by atoms with Crippen molar-refractivity contribution < 1.29 is 9.53 Å². The Balaban J connectivity index is 2.49. The van der Waals surface area contributed by atoms with E-state index >= 15 is 0 Å². The summed E-state index contributed by atoms with van der Waals surface area (Å²) in [7, 11) is 1.65. The van der Waals surface area contributed by atoms with Gasteiger partial charge in [-0.3, -0.25) is 4.79 Å². The summed E-state index contributed by atoms with van der Waals surface area (Å²) in [6.07, 6.45) is 0.683. The summed E-state index contributed by atoms with van der Waals surface area (Å²) < 4.78 is 5.27. The van der Waals surface area contributed by atoms with Crippen LogP contribution in [0.3, 0.4) is 0 Å². The molecule has 1 aromatic carbocycles. The number of hydrogen-bond acceptors (Lipinski definition) is 4. The fourth-order valence-electron chi connectivity index (χ4n) is 1.83. The number of ether oxygens (including phenoxy) is 1. The number of aromatic nitrogens is 2. The fraction of sp³-hybridized carbons (Fsp3) is 0.214. The van der Waals surface area contributed by atoms with Crippen LogP contribution in [0.5, 0.6) is 5.75 Å². The molecule has 0 spiro atoms. The van der Waals surface area contributed by atoms with Gasteiger partial charge in [-0.1, -0.05) is 0 Å². The Morgan fingerprint density at radius 2 is 1.89 bits per heavy atom. The minimum atomic E-state index is 0.335. The number of carbonyl (C=O) groups is 1. The van der Waals surface area contributed by atoms with Crippen LogP contribution in [0, 0.1) is 13.8 Å². The van der Waals surface area contributed by atoms with E-state index < -0.39 is 0 Å². The van der Waals surface area contributed by atoms with Gasteiger partial charge in [0.2, 0.25) is 0 Å². The van der Waals surface area contributed by atoms with Gasteiger partial charge < -0.3 is 4.74 Å². The molecule has 4 nitrogen and oxygen atoms in total. The number of aryl methyl sites for hydroxylation is 2. The Morgan fingerprint density at radius 1 is 1.11 bits per heavy atom. The highest BCUT2D eigenvalue weighted by molar-refractivity contribution is 5.73. The highest BCUT2D eigenvalue weighted by atomic mass is 16.5. The van der Waals surface area contributed by atoms with E-state index in [0.29, 0.717) is 12.0 Å². The predicted octanol–water partition coefficient (Wildman–Crippen LogP) is 2.58. The number of rotatable bonds is 3. The summed E-state index contributed by atoms with van der Waals surface area (Å²) in [5, 5.41) is 7.89. The second-order valence-corrected chi connectivity index (χ2v) is 4.10. The predicted molar refractivity (Wildman–Crippen MR) is 68.9 cm³/mol. The number of methoxy groups -OCH3 is 1. The van der Waals surface area contributed by atoms with Crippen molar-refractivity contribution in [1.29, 1.82) is 0 Å². The van der Waals surface area contributed by atoms with Crippen LogP contribution in [-0.4, -0.2) is 23.6 Å². The van der Waals surface area contributed by atoms with Gasteiger partial charge in [-0.05, 0) is 49.2 Å². The lowest BCUT2D eigenvalue weighted by molar-refractivity contribution is 0.111. The smallest absolute Gasteiger partial charge is 0.170 e. The molecule has 1 heterocycles. The molecule has 2 rings (SSSR count). The molecule has 0 bridgehead atoms. The molecule has 0 amide bonds. The largest absolute Gasteiger partial charge is 0.496 e. The van der Waals surface area contributed by atoms with Gasteiger partial charge in [0.15, 0.2) is 6.29 Å². The van der Waals surface area contributed by atoms with E-state index in [2.05, 4.69) is 10.2 Å². The highest BCUT2D eigenvalue weighted by Gasteiger charge is 2.08. The molecule has 0 aliphatic heterocycles. The van der Waals surface area contributed by atoms with E-state index in [1.807, 2.05) is 26.0 Å². The van der Waals surface area contributed by atoms with Gasteiger partial charge >= 0.3 is 0 Å². The number of carbonyl (C=O) groups excluding carboxylic acids is 1. The van der Waals surface area contributed by atoms with E-state index in [0.717, 1.165) is 28.1 Å². The van der Waals surface area contributed by atoms with Gasteiger partial charge in [-0.2, -0.15) is 0 Å². The van der Waals surface area contributed by atoms with Crippen molar-refractivity contribution in [2.24, 2.45) is 0 Å². The first-order valence-corrected chi connectivity index (χ1v) is 5.60. The third-order valence-corrected chi connectivity index (χ3v) is 2.82. The fourth-order valence-corrected chi connectivity index (χ4v) is 1.83. The maximum atomic E-state index is 10.5. The van der Waals surface area contributed by atoms with E-state index in [4.69, 9.17) is 4.74 Å². The molecule has 0 radical (unpaired) electrons. The summed E-state index contributed by atoms with van der Waals surface area (Å²) in [5.74, 6) is 0.855. The Kier molecular flexibility index (Phi) is 3.37. The second kappa shape index (κ2) is 4.96. The third-order valence-electron chi connectivity index (χ3n) is 2.82. The lowest BCUT2D eigenvalue weighted by Gasteiger charge is -2.10. The average molecular weight is 242 g/mol. The van der Waals surface area contributed by atoms with Crippen LogP contribution < -0.4 is 4.74 Å². The molecule has 0 aliphatic carbocycles. The molecule has 0 saturated heterocycles. The van der Waals surface area contributed by atoms with Crippen molar-refractivity contribution in [2.45, 2.75) is 13.8 Å². The lowest BCUT2D eigenvalue weighted by Crippen LogP contribution is -1.96. The summed E-state index contributed by atoms with van der Waals surface area (Å²) in [6, 6.07) is 7.44. The first-order valence-electron chi connectivity index (χ1n) is 5.60. The molecule has 4 heteroatoms. The maximum absolute atomic E-state index is 10.5. The minimum Gasteiger partial charge on any atom is -0.496 e. The standard InChI is InChI=1S/C14H14N2O2/c1-9-7-14(18-3)10(2)6-12(9)13-5-4-11(8-17)15-16-13/h4-8H,1-3H3. The van der Waals surface area contributed by atoms with Gasteiger partial charge in [-0.25, -0.2) is 0 Å².